The van der Waals surface area contributed by atoms with E-state index < -0.39 is 11.9 Å². The number of rotatable bonds is 5. The van der Waals surface area contributed by atoms with E-state index in [1.165, 1.54) is 16.7 Å². The van der Waals surface area contributed by atoms with E-state index in [-0.39, 0.29) is 18.2 Å². The molecule has 7 nitrogen and oxygen atoms in total. The Kier molecular flexibility index (Phi) is 4.42. The first-order valence-electron chi connectivity index (χ1n) is 7.25. The van der Waals surface area contributed by atoms with Crippen LogP contribution >= 0.6 is 11.8 Å². The van der Waals surface area contributed by atoms with Gasteiger partial charge >= 0.3 is 5.97 Å². The Bertz CT molecular complexity index is 724. The lowest BCUT2D eigenvalue weighted by atomic mass is 10.1. The maximum atomic E-state index is 12.3. The van der Waals surface area contributed by atoms with Crippen molar-refractivity contribution in [2.24, 2.45) is 13.0 Å². The van der Waals surface area contributed by atoms with Gasteiger partial charge in [0.05, 0.1) is 11.7 Å². The minimum atomic E-state index is -0.855. The Morgan fingerprint density at radius 1 is 1.48 bits per heavy atom. The second-order valence-corrected chi connectivity index (χ2v) is 6.39. The van der Waals surface area contributed by atoms with Crippen LogP contribution in [0.4, 0.5) is 0 Å². The number of imidazole rings is 1. The molecule has 2 aromatic heterocycles. The van der Waals surface area contributed by atoms with E-state index in [0.29, 0.717) is 24.5 Å². The zero-order chi connectivity index (χ0) is 16.4. The molecule has 0 spiro atoms. The summed E-state index contributed by atoms with van der Waals surface area (Å²) >= 11 is 1.52. The number of amides is 1. The van der Waals surface area contributed by atoms with Gasteiger partial charge in [0.25, 0.3) is 5.91 Å². The highest BCUT2D eigenvalue weighted by atomic mass is 32.2. The molecule has 23 heavy (non-hydrogen) atoms. The fourth-order valence-corrected chi connectivity index (χ4v) is 3.33. The molecule has 1 fully saturated rings. The first-order chi connectivity index (χ1) is 11.0. The maximum Gasteiger partial charge on any atom is 0.308 e. The number of carboxylic acid groups (broad SMARTS) is 1. The summed E-state index contributed by atoms with van der Waals surface area (Å²) in [4.78, 5) is 29.0. The predicted molar refractivity (Wildman–Crippen MR) is 83.1 cm³/mol. The van der Waals surface area contributed by atoms with E-state index in [1.54, 1.807) is 18.3 Å². The Morgan fingerprint density at radius 3 is 2.96 bits per heavy atom. The summed E-state index contributed by atoms with van der Waals surface area (Å²) in [6.45, 7) is 0.695. The molecule has 0 radical (unpaired) electrons. The fraction of sp³-hybridized carbons (Fsp3) is 0.400. The third-order valence-electron chi connectivity index (χ3n) is 3.82. The lowest BCUT2D eigenvalue weighted by Gasteiger charge is -2.13. The minimum absolute atomic E-state index is 0.242. The number of thioether (sulfide) groups is 1. The number of carboxylic acids is 1. The van der Waals surface area contributed by atoms with Crippen molar-refractivity contribution >= 4 is 23.6 Å². The predicted octanol–water partition coefficient (Wildman–Crippen LogP) is 1.85. The first kappa shape index (κ1) is 15.7. The number of hydrogen-bond acceptors (Lipinski definition) is 5. The van der Waals surface area contributed by atoms with E-state index in [9.17, 15) is 9.59 Å². The summed E-state index contributed by atoms with van der Waals surface area (Å²) < 4.78 is 7.51. The summed E-state index contributed by atoms with van der Waals surface area (Å²) in [5.74, 6) is -0.0568. The van der Waals surface area contributed by atoms with Crippen molar-refractivity contribution in [1.82, 2.24) is 14.5 Å². The Labute approximate surface area is 137 Å². The van der Waals surface area contributed by atoms with Crippen LogP contribution in [-0.2, 0) is 17.6 Å². The van der Waals surface area contributed by atoms with Crippen LogP contribution in [0.5, 0.6) is 0 Å². The fourth-order valence-electron chi connectivity index (χ4n) is 2.50. The van der Waals surface area contributed by atoms with Crippen LogP contribution in [0.25, 0.3) is 0 Å². The van der Waals surface area contributed by atoms with Gasteiger partial charge in [-0.05, 0) is 18.6 Å². The van der Waals surface area contributed by atoms with Crippen LogP contribution in [0.3, 0.4) is 0 Å². The minimum Gasteiger partial charge on any atom is -0.481 e. The molecule has 0 saturated carbocycles. The van der Waals surface area contributed by atoms with Gasteiger partial charge in [0.1, 0.15) is 5.76 Å². The topological polar surface area (TPSA) is 88.6 Å². The van der Waals surface area contributed by atoms with E-state index >= 15 is 0 Å². The molecule has 3 heterocycles. The lowest BCUT2D eigenvalue weighted by molar-refractivity contribution is -0.141. The second kappa shape index (κ2) is 6.49. The number of aromatic nitrogens is 2. The number of likely N-dealkylation sites (tertiary alicyclic amines) is 1. The van der Waals surface area contributed by atoms with Crippen molar-refractivity contribution in [1.29, 1.82) is 0 Å². The molecule has 0 aliphatic carbocycles. The van der Waals surface area contributed by atoms with E-state index in [2.05, 4.69) is 4.98 Å². The molecule has 1 saturated heterocycles. The number of aryl methyl sites for hydroxylation is 1. The van der Waals surface area contributed by atoms with Crippen molar-refractivity contribution in [3.63, 3.8) is 0 Å². The van der Waals surface area contributed by atoms with Gasteiger partial charge in [-0.15, -0.1) is 0 Å². The molecule has 2 aromatic rings. The molecule has 0 bridgehead atoms. The van der Waals surface area contributed by atoms with Crippen molar-refractivity contribution in [3.05, 3.63) is 36.0 Å². The van der Waals surface area contributed by atoms with Gasteiger partial charge in [-0.2, -0.15) is 0 Å². The zero-order valence-corrected chi connectivity index (χ0v) is 13.5. The highest BCUT2D eigenvalue weighted by molar-refractivity contribution is 7.98. The number of hydrogen-bond donors (Lipinski definition) is 1. The molecular weight excluding hydrogens is 318 g/mol. The summed E-state index contributed by atoms with van der Waals surface area (Å²) in [5, 5.41) is 9.87. The van der Waals surface area contributed by atoms with Crippen molar-refractivity contribution in [3.8, 4) is 0 Å². The molecule has 1 atom stereocenters. The van der Waals surface area contributed by atoms with E-state index in [0.717, 1.165) is 5.16 Å². The van der Waals surface area contributed by atoms with Crippen molar-refractivity contribution in [2.75, 3.05) is 13.1 Å². The Hall–Kier alpha value is -2.22. The number of carbonyl (C=O) groups excluding carboxylic acids is 1. The van der Waals surface area contributed by atoms with Crippen LogP contribution in [-0.4, -0.2) is 44.5 Å². The third-order valence-corrected chi connectivity index (χ3v) is 4.90. The standard InChI is InChI=1S/C15H17N3O4S/c1-17-7-5-16-15(17)23-9-11-2-3-12(22-11)13(19)18-6-4-10(8-18)14(20)21/h2-3,5,7,10H,4,6,8-9H2,1H3,(H,20,21). The summed E-state index contributed by atoms with van der Waals surface area (Å²) in [6, 6.07) is 3.42. The lowest BCUT2D eigenvalue weighted by Crippen LogP contribution is -2.29. The molecule has 3 rings (SSSR count). The average molecular weight is 335 g/mol. The summed E-state index contributed by atoms with van der Waals surface area (Å²) in [7, 11) is 1.92. The third kappa shape index (κ3) is 3.42. The molecule has 122 valence electrons. The normalized spacial score (nSPS) is 17.6. The van der Waals surface area contributed by atoms with Gasteiger partial charge in [0.15, 0.2) is 10.9 Å². The Balaban J connectivity index is 1.59. The SMILES string of the molecule is Cn1ccnc1SCc1ccc(C(=O)N2CCC(C(=O)O)C2)o1. The molecule has 8 heteroatoms. The number of nitrogens with zero attached hydrogens (tertiary/aromatic N) is 3. The number of carbonyl (C=O) groups is 2. The van der Waals surface area contributed by atoms with Crippen LogP contribution in [0.2, 0.25) is 0 Å². The van der Waals surface area contributed by atoms with Crippen LogP contribution in [0.15, 0.2) is 34.1 Å². The molecule has 0 aromatic carbocycles. The van der Waals surface area contributed by atoms with Crippen LogP contribution < -0.4 is 0 Å². The van der Waals surface area contributed by atoms with Crippen LogP contribution in [0, 0.1) is 5.92 Å². The quantitative estimate of drug-likeness (QED) is 0.839. The van der Waals surface area contributed by atoms with Gasteiger partial charge in [-0.25, -0.2) is 4.98 Å². The van der Waals surface area contributed by atoms with Gasteiger partial charge < -0.3 is 19.0 Å². The van der Waals surface area contributed by atoms with Gasteiger partial charge in [-0.3, -0.25) is 9.59 Å². The number of aliphatic carboxylic acids is 1. The highest BCUT2D eigenvalue weighted by Crippen LogP contribution is 2.24. The molecule has 1 aliphatic heterocycles. The van der Waals surface area contributed by atoms with Gasteiger partial charge in [0.2, 0.25) is 0 Å². The smallest absolute Gasteiger partial charge is 0.308 e. The average Bonchev–Trinajstić information content (AvgIpc) is 3.25. The van der Waals surface area contributed by atoms with Gasteiger partial charge in [-0.1, -0.05) is 11.8 Å². The summed E-state index contributed by atoms with van der Waals surface area (Å²) in [5.41, 5.74) is 0. The molecular formula is C15H17N3O4S. The second-order valence-electron chi connectivity index (χ2n) is 5.45. The van der Waals surface area contributed by atoms with Gasteiger partial charge in [0, 0.05) is 32.5 Å². The number of furan rings is 1. The Morgan fingerprint density at radius 2 is 2.30 bits per heavy atom. The molecule has 1 amide bonds. The molecule has 1 unspecified atom stereocenters. The van der Waals surface area contributed by atoms with Crippen LogP contribution in [0.1, 0.15) is 22.7 Å². The zero-order valence-electron chi connectivity index (χ0n) is 12.6. The highest BCUT2D eigenvalue weighted by Gasteiger charge is 2.32. The van der Waals surface area contributed by atoms with E-state index in [4.69, 9.17) is 9.52 Å². The summed E-state index contributed by atoms with van der Waals surface area (Å²) in [6.07, 6.45) is 4.08. The van der Waals surface area contributed by atoms with E-state index in [1.807, 2.05) is 17.8 Å². The maximum absolute atomic E-state index is 12.3. The van der Waals surface area contributed by atoms with Crippen molar-refractivity contribution < 1.29 is 19.1 Å². The van der Waals surface area contributed by atoms with Crippen molar-refractivity contribution in [2.45, 2.75) is 17.3 Å². The molecule has 1 N–H and O–H groups in total. The largest absolute Gasteiger partial charge is 0.481 e. The molecule has 1 aliphatic rings. The first-order valence-corrected chi connectivity index (χ1v) is 8.24. The monoisotopic (exact) mass is 335 g/mol.